The summed E-state index contributed by atoms with van der Waals surface area (Å²) in [6, 6.07) is 0. The van der Waals surface area contributed by atoms with Crippen molar-refractivity contribution < 1.29 is 9.59 Å². The lowest BCUT2D eigenvalue weighted by Gasteiger charge is -2.58. The SMILES string of the molecule is CC(=O)[C@@H]1CC[C@@H]2[C@H]3CC=C4N(C)C(=O)CC[C@]4(C)[C@@H]3CC[C@@]21C. The number of likely N-dealkylation sites (tertiary alicyclic amines) is 1. The summed E-state index contributed by atoms with van der Waals surface area (Å²) in [6.45, 7) is 6.59. The molecule has 3 fully saturated rings. The van der Waals surface area contributed by atoms with Gasteiger partial charge in [-0.3, -0.25) is 9.59 Å². The molecule has 3 heteroatoms. The van der Waals surface area contributed by atoms with Gasteiger partial charge in [0.1, 0.15) is 5.78 Å². The lowest BCUT2D eigenvalue weighted by atomic mass is 9.49. The van der Waals surface area contributed by atoms with E-state index in [9.17, 15) is 9.59 Å². The third-order valence-corrected chi connectivity index (χ3v) is 8.51. The summed E-state index contributed by atoms with van der Waals surface area (Å²) in [5, 5.41) is 0. The fourth-order valence-corrected chi connectivity index (χ4v) is 7.25. The molecule has 1 amide bonds. The monoisotopic (exact) mass is 329 g/mol. The van der Waals surface area contributed by atoms with Crippen LogP contribution >= 0.6 is 0 Å². The van der Waals surface area contributed by atoms with Crippen molar-refractivity contribution in [3.8, 4) is 0 Å². The molecule has 0 unspecified atom stereocenters. The molecule has 1 saturated heterocycles. The van der Waals surface area contributed by atoms with E-state index in [2.05, 4.69) is 19.9 Å². The van der Waals surface area contributed by atoms with Gasteiger partial charge in [0.25, 0.3) is 0 Å². The molecule has 0 N–H and O–H groups in total. The van der Waals surface area contributed by atoms with Crippen molar-refractivity contribution in [1.29, 1.82) is 0 Å². The van der Waals surface area contributed by atoms with Crippen LogP contribution in [0.2, 0.25) is 0 Å². The summed E-state index contributed by atoms with van der Waals surface area (Å²) in [7, 11) is 1.96. The van der Waals surface area contributed by atoms with E-state index < -0.39 is 0 Å². The number of amides is 1. The van der Waals surface area contributed by atoms with Crippen LogP contribution in [0.5, 0.6) is 0 Å². The van der Waals surface area contributed by atoms with E-state index in [0.717, 1.165) is 19.3 Å². The first-order chi connectivity index (χ1) is 11.3. The highest BCUT2D eigenvalue weighted by Crippen LogP contribution is 2.65. The zero-order valence-electron chi connectivity index (χ0n) is 15.6. The number of hydrogen-bond acceptors (Lipinski definition) is 2. The number of rotatable bonds is 1. The van der Waals surface area contributed by atoms with Crippen LogP contribution in [0.25, 0.3) is 0 Å². The summed E-state index contributed by atoms with van der Waals surface area (Å²) in [5.74, 6) is 3.01. The lowest BCUT2D eigenvalue weighted by molar-refractivity contribution is -0.137. The van der Waals surface area contributed by atoms with E-state index in [4.69, 9.17) is 0 Å². The molecule has 1 heterocycles. The average Bonchev–Trinajstić information content (AvgIpc) is 2.89. The van der Waals surface area contributed by atoms with Crippen LogP contribution in [0, 0.1) is 34.5 Å². The zero-order valence-corrected chi connectivity index (χ0v) is 15.6. The Bertz CT molecular complexity index is 623. The lowest BCUT2D eigenvalue weighted by Crippen LogP contribution is -2.53. The predicted molar refractivity (Wildman–Crippen MR) is 94.0 cm³/mol. The van der Waals surface area contributed by atoms with Crippen molar-refractivity contribution >= 4 is 11.7 Å². The first-order valence-electron chi connectivity index (χ1n) is 9.76. The van der Waals surface area contributed by atoms with E-state index in [1.807, 2.05) is 11.9 Å². The van der Waals surface area contributed by atoms with Crippen LogP contribution < -0.4 is 0 Å². The minimum Gasteiger partial charge on any atom is -0.319 e. The summed E-state index contributed by atoms with van der Waals surface area (Å²) in [6.07, 6.45) is 9.86. The Hall–Kier alpha value is -1.12. The molecule has 6 atom stereocenters. The minimum absolute atomic E-state index is 0.154. The minimum atomic E-state index is 0.154. The van der Waals surface area contributed by atoms with Gasteiger partial charge in [0.2, 0.25) is 5.91 Å². The maximum atomic E-state index is 12.2. The Morgan fingerprint density at radius 3 is 2.62 bits per heavy atom. The van der Waals surface area contributed by atoms with E-state index >= 15 is 0 Å². The molecule has 0 spiro atoms. The molecule has 0 aromatic rings. The molecule has 3 nitrogen and oxygen atoms in total. The van der Waals surface area contributed by atoms with Gasteiger partial charge in [-0.25, -0.2) is 0 Å². The number of piperidine rings is 1. The first-order valence-corrected chi connectivity index (χ1v) is 9.76. The largest absolute Gasteiger partial charge is 0.319 e. The van der Waals surface area contributed by atoms with E-state index in [-0.39, 0.29) is 22.7 Å². The fraction of sp³-hybridized carbons (Fsp3) is 0.810. The Morgan fingerprint density at radius 2 is 1.92 bits per heavy atom. The molecule has 0 aromatic carbocycles. The second kappa shape index (κ2) is 5.19. The van der Waals surface area contributed by atoms with Gasteiger partial charge < -0.3 is 4.90 Å². The van der Waals surface area contributed by atoms with Crippen LogP contribution in [-0.4, -0.2) is 23.6 Å². The maximum Gasteiger partial charge on any atom is 0.226 e. The Labute approximate surface area is 145 Å². The Balaban J connectivity index is 1.69. The van der Waals surface area contributed by atoms with E-state index in [1.54, 1.807) is 6.92 Å². The summed E-state index contributed by atoms with van der Waals surface area (Å²) in [5.41, 5.74) is 1.65. The van der Waals surface area contributed by atoms with Crippen molar-refractivity contribution in [3.05, 3.63) is 11.8 Å². The van der Waals surface area contributed by atoms with Gasteiger partial charge in [-0.1, -0.05) is 19.9 Å². The number of carbonyl (C=O) groups excluding carboxylic acids is 2. The standard InChI is InChI=1S/C21H31NO2/c1-13(23)15-6-7-16-14-5-8-18-21(3,12-10-19(24)22(18)4)17(14)9-11-20(15,16)2/h8,14-17H,5-7,9-12H2,1-4H3/t14-,15+,16-,17-,20-,21-/m1/s1. The van der Waals surface area contributed by atoms with E-state index in [0.29, 0.717) is 30.0 Å². The van der Waals surface area contributed by atoms with E-state index in [1.165, 1.54) is 25.0 Å². The van der Waals surface area contributed by atoms with Crippen LogP contribution in [0.1, 0.15) is 65.7 Å². The van der Waals surface area contributed by atoms with Crippen molar-refractivity contribution in [2.75, 3.05) is 7.05 Å². The van der Waals surface area contributed by atoms with Crippen molar-refractivity contribution in [2.45, 2.75) is 65.7 Å². The Morgan fingerprint density at radius 1 is 1.17 bits per heavy atom. The number of ketones is 1. The maximum absolute atomic E-state index is 12.2. The highest BCUT2D eigenvalue weighted by atomic mass is 16.2. The zero-order chi connectivity index (χ0) is 17.3. The molecule has 4 aliphatic rings. The highest BCUT2D eigenvalue weighted by molar-refractivity contribution is 5.80. The number of allylic oxidation sites excluding steroid dienone is 2. The van der Waals surface area contributed by atoms with Gasteiger partial charge in [-0.05, 0) is 68.6 Å². The molecular formula is C21H31NO2. The number of Topliss-reactive ketones (excluding diaryl/α,β-unsaturated/α-hetero) is 1. The smallest absolute Gasteiger partial charge is 0.226 e. The van der Waals surface area contributed by atoms with Gasteiger partial charge in [0, 0.05) is 30.5 Å². The van der Waals surface area contributed by atoms with Gasteiger partial charge >= 0.3 is 0 Å². The van der Waals surface area contributed by atoms with Crippen LogP contribution in [0.15, 0.2) is 11.8 Å². The highest BCUT2D eigenvalue weighted by Gasteiger charge is 2.60. The molecule has 4 rings (SSSR count). The molecule has 0 radical (unpaired) electrons. The van der Waals surface area contributed by atoms with Gasteiger partial charge in [0.05, 0.1) is 0 Å². The van der Waals surface area contributed by atoms with Crippen LogP contribution in [0.4, 0.5) is 0 Å². The topological polar surface area (TPSA) is 37.4 Å². The molecule has 3 aliphatic carbocycles. The second-order valence-corrected chi connectivity index (χ2v) is 9.36. The van der Waals surface area contributed by atoms with Crippen molar-refractivity contribution in [1.82, 2.24) is 4.90 Å². The normalized spacial score (nSPS) is 47.6. The van der Waals surface area contributed by atoms with Gasteiger partial charge in [0.15, 0.2) is 0 Å². The summed E-state index contributed by atoms with van der Waals surface area (Å²) >= 11 is 0. The predicted octanol–water partition coefficient (Wildman–Crippen LogP) is 4.18. The molecule has 1 aliphatic heterocycles. The van der Waals surface area contributed by atoms with Crippen LogP contribution in [0.3, 0.4) is 0 Å². The fourth-order valence-electron chi connectivity index (χ4n) is 7.25. The number of hydrogen-bond donors (Lipinski definition) is 0. The second-order valence-electron chi connectivity index (χ2n) is 9.36. The molecule has 132 valence electrons. The average molecular weight is 329 g/mol. The molecule has 0 aromatic heterocycles. The molecule has 2 saturated carbocycles. The number of fused-ring (bicyclic) bond motifs is 5. The first kappa shape index (κ1) is 16.4. The van der Waals surface area contributed by atoms with Gasteiger partial charge in [-0.15, -0.1) is 0 Å². The third kappa shape index (κ3) is 1.96. The molecular weight excluding hydrogens is 298 g/mol. The molecule has 24 heavy (non-hydrogen) atoms. The summed E-state index contributed by atoms with van der Waals surface area (Å²) in [4.78, 5) is 26.3. The van der Waals surface area contributed by atoms with Gasteiger partial charge in [-0.2, -0.15) is 0 Å². The third-order valence-electron chi connectivity index (χ3n) is 8.51. The number of carbonyl (C=O) groups is 2. The molecule has 0 bridgehead atoms. The summed E-state index contributed by atoms with van der Waals surface area (Å²) < 4.78 is 0. The quantitative estimate of drug-likeness (QED) is 0.724. The van der Waals surface area contributed by atoms with Crippen LogP contribution in [-0.2, 0) is 9.59 Å². The number of nitrogens with zero attached hydrogens (tertiary/aromatic N) is 1. The van der Waals surface area contributed by atoms with Crippen molar-refractivity contribution in [3.63, 3.8) is 0 Å². The van der Waals surface area contributed by atoms with Crippen molar-refractivity contribution in [2.24, 2.45) is 34.5 Å². The Kier molecular flexibility index (Phi) is 3.54.